The Morgan fingerprint density at radius 2 is 1.83 bits per heavy atom. The number of nitrogens with one attached hydrogen (secondary N) is 1. The van der Waals surface area contributed by atoms with E-state index in [0.29, 0.717) is 10.6 Å². The second kappa shape index (κ2) is 4.64. The number of carboxylic acid groups (broad SMARTS) is 1. The van der Waals surface area contributed by atoms with Crippen molar-refractivity contribution in [2.24, 2.45) is 5.41 Å². The lowest BCUT2D eigenvalue weighted by atomic mass is 9.74. The average Bonchev–Trinajstić information content (AvgIpc) is 2.63. The second-order valence-corrected chi connectivity index (χ2v) is 5.95. The molecule has 0 saturated heterocycles. The number of hydrogen-bond donors (Lipinski definition) is 2. The van der Waals surface area contributed by atoms with E-state index in [1.54, 1.807) is 34.6 Å². The topological polar surface area (TPSA) is 92.2 Å². The fourth-order valence-electron chi connectivity index (χ4n) is 1.20. The van der Waals surface area contributed by atoms with Gasteiger partial charge < -0.3 is 10.4 Å². The lowest BCUT2D eigenvalue weighted by Gasteiger charge is -2.38. The molecule has 100 valence electrons. The van der Waals surface area contributed by atoms with E-state index >= 15 is 0 Å². The minimum atomic E-state index is -1.09. The molecule has 0 radical (unpaired) electrons. The first-order valence-electron chi connectivity index (χ1n) is 5.44. The van der Waals surface area contributed by atoms with Crippen LogP contribution in [-0.4, -0.2) is 32.1 Å². The van der Waals surface area contributed by atoms with Crippen molar-refractivity contribution in [3.05, 3.63) is 10.6 Å². The monoisotopic (exact) mass is 271 g/mol. The van der Waals surface area contributed by atoms with Gasteiger partial charge in [-0.1, -0.05) is 4.49 Å². The molecule has 18 heavy (non-hydrogen) atoms. The molecule has 0 aliphatic rings. The highest BCUT2D eigenvalue weighted by Crippen LogP contribution is 2.31. The highest BCUT2D eigenvalue weighted by molar-refractivity contribution is 7.08. The van der Waals surface area contributed by atoms with E-state index in [0.717, 1.165) is 11.5 Å². The zero-order valence-electron chi connectivity index (χ0n) is 11.1. The Hall–Kier alpha value is -1.50. The number of aliphatic carboxylic acids is 1. The van der Waals surface area contributed by atoms with Gasteiger partial charge >= 0.3 is 5.97 Å². The summed E-state index contributed by atoms with van der Waals surface area (Å²) in [6.45, 7) is 8.21. The van der Waals surface area contributed by atoms with E-state index in [-0.39, 0.29) is 5.91 Å². The smallest absolute Gasteiger partial charge is 0.311 e. The molecule has 0 unspecified atom stereocenters. The molecule has 1 aromatic heterocycles. The van der Waals surface area contributed by atoms with Gasteiger partial charge in [-0.05, 0) is 46.2 Å². The fourth-order valence-corrected chi connectivity index (χ4v) is 1.76. The molecule has 1 amide bonds. The van der Waals surface area contributed by atoms with Crippen LogP contribution in [0.25, 0.3) is 0 Å². The van der Waals surface area contributed by atoms with Gasteiger partial charge in [0.25, 0.3) is 5.91 Å². The molecule has 0 bridgehead atoms. The summed E-state index contributed by atoms with van der Waals surface area (Å²) in [5, 5.41) is 15.7. The predicted molar refractivity (Wildman–Crippen MR) is 67.6 cm³/mol. The summed E-state index contributed by atoms with van der Waals surface area (Å²) < 4.78 is 3.68. The number of carbonyl (C=O) groups excluding carboxylic acids is 1. The van der Waals surface area contributed by atoms with Gasteiger partial charge in [-0.3, -0.25) is 9.59 Å². The Morgan fingerprint density at radius 1 is 1.28 bits per heavy atom. The van der Waals surface area contributed by atoms with Crippen molar-refractivity contribution >= 4 is 23.4 Å². The summed E-state index contributed by atoms with van der Waals surface area (Å²) in [5.74, 6) is -1.31. The third-order valence-electron chi connectivity index (χ3n) is 3.38. The van der Waals surface area contributed by atoms with Crippen molar-refractivity contribution in [1.82, 2.24) is 14.9 Å². The maximum Gasteiger partial charge on any atom is 0.311 e. The zero-order chi connectivity index (χ0) is 14.1. The van der Waals surface area contributed by atoms with Gasteiger partial charge in [0.2, 0.25) is 0 Å². The summed E-state index contributed by atoms with van der Waals surface area (Å²) in [6, 6.07) is 0. The molecule has 6 nitrogen and oxygen atoms in total. The first-order chi connectivity index (χ1) is 8.09. The summed E-state index contributed by atoms with van der Waals surface area (Å²) in [6.07, 6.45) is 0. The number of nitrogens with zero attached hydrogens (tertiary/aromatic N) is 2. The molecule has 0 aromatic carbocycles. The van der Waals surface area contributed by atoms with Crippen LogP contribution in [0.3, 0.4) is 0 Å². The third-order valence-corrected chi connectivity index (χ3v) is 4.21. The van der Waals surface area contributed by atoms with Crippen molar-refractivity contribution < 1.29 is 14.7 Å². The number of amides is 1. The molecule has 0 saturated carbocycles. The van der Waals surface area contributed by atoms with Crippen molar-refractivity contribution in [2.75, 3.05) is 0 Å². The van der Waals surface area contributed by atoms with E-state index in [2.05, 4.69) is 14.9 Å². The average molecular weight is 271 g/mol. The molecule has 0 atom stereocenters. The number of rotatable bonds is 4. The third kappa shape index (κ3) is 2.50. The lowest BCUT2D eigenvalue weighted by Crippen LogP contribution is -2.56. The summed E-state index contributed by atoms with van der Waals surface area (Å²) >= 11 is 0.997. The Bertz CT molecular complexity index is 480. The molecule has 1 aromatic rings. The molecular formula is C11H17N3O3S. The van der Waals surface area contributed by atoms with Crippen LogP contribution < -0.4 is 5.32 Å². The SMILES string of the molecule is Cc1nnsc1C(=O)NC(C)(C)C(C)(C)C(=O)O. The van der Waals surface area contributed by atoms with Crippen LogP contribution in [0.5, 0.6) is 0 Å². The number of carboxylic acids is 1. The Morgan fingerprint density at radius 3 is 2.22 bits per heavy atom. The van der Waals surface area contributed by atoms with Crippen molar-refractivity contribution in [3.8, 4) is 0 Å². The van der Waals surface area contributed by atoms with Crippen molar-refractivity contribution in [1.29, 1.82) is 0 Å². The normalized spacial score (nSPS) is 12.3. The fraction of sp³-hybridized carbons (Fsp3) is 0.636. The lowest BCUT2D eigenvalue weighted by molar-refractivity contribution is -0.150. The number of aryl methyl sites for hydroxylation is 1. The minimum Gasteiger partial charge on any atom is -0.481 e. The summed E-state index contributed by atoms with van der Waals surface area (Å²) in [7, 11) is 0. The van der Waals surface area contributed by atoms with Crippen LogP contribution in [-0.2, 0) is 4.79 Å². The van der Waals surface area contributed by atoms with Crippen LogP contribution in [0.1, 0.15) is 43.1 Å². The van der Waals surface area contributed by atoms with E-state index < -0.39 is 16.9 Å². The highest BCUT2D eigenvalue weighted by atomic mass is 32.1. The zero-order valence-corrected chi connectivity index (χ0v) is 11.9. The van der Waals surface area contributed by atoms with E-state index in [9.17, 15) is 14.7 Å². The number of aromatic nitrogens is 2. The number of hydrogen-bond acceptors (Lipinski definition) is 5. The summed E-state index contributed by atoms with van der Waals surface area (Å²) in [4.78, 5) is 23.7. The van der Waals surface area contributed by atoms with Crippen molar-refractivity contribution in [3.63, 3.8) is 0 Å². The predicted octanol–water partition coefficient (Wildman–Crippen LogP) is 1.47. The van der Waals surface area contributed by atoms with Gasteiger partial charge in [0, 0.05) is 0 Å². The maximum absolute atomic E-state index is 12.0. The first kappa shape index (κ1) is 14.6. The van der Waals surface area contributed by atoms with Gasteiger partial charge in [0.1, 0.15) is 4.88 Å². The molecule has 0 fully saturated rings. The quantitative estimate of drug-likeness (QED) is 0.865. The van der Waals surface area contributed by atoms with Gasteiger partial charge in [-0.25, -0.2) is 0 Å². The van der Waals surface area contributed by atoms with Crippen LogP contribution >= 0.6 is 11.5 Å². The van der Waals surface area contributed by atoms with Crippen LogP contribution in [0.4, 0.5) is 0 Å². The molecule has 1 heterocycles. The van der Waals surface area contributed by atoms with E-state index in [1.165, 1.54) is 0 Å². The van der Waals surface area contributed by atoms with Gasteiger partial charge in [-0.2, -0.15) is 0 Å². The molecule has 2 N–H and O–H groups in total. The largest absolute Gasteiger partial charge is 0.481 e. The molecular weight excluding hydrogens is 254 g/mol. The van der Waals surface area contributed by atoms with Gasteiger partial charge in [-0.15, -0.1) is 5.10 Å². The van der Waals surface area contributed by atoms with Crippen LogP contribution in [0.15, 0.2) is 0 Å². The molecule has 7 heteroatoms. The van der Waals surface area contributed by atoms with Crippen LogP contribution in [0, 0.1) is 12.3 Å². The number of carbonyl (C=O) groups is 2. The molecule has 0 spiro atoms. The molecule has 1 rings (SSSR count). The standard InChI is InChI=1S/C11H17N3O3S/c1-6-7(18-14-13-6)8(15)12-11(4,5)10(2,3)9(16)17/h1-5H3,(H,12,15)(H,16,17). The first-order valence-corrected chi connectivity index (χ1v) is 6.22. The molecule has 0 aliphatic carbocycles. The second-order valence-electron chi connectivity index (χ2n) is 5.20. The van der Waals surface area contributed by atoms with Crippen molar-refractivity contribution in [2.45, 2.75) is 40.2 Å². The maximum atomic E-state index is 12.0. The van der Waals surface area contributed by atoms with Gasteiger partial charge in [0.15, 0.2) is 0 Å². The minimum absolute atomic E-state index is 0.346. The Kier molecular flexibility index (Phi) is 3.75. The van der Waals surface area contributed by atoms with Gasteiger partial charge in [0.05, 0.1) is 16.6 Å². The summed E-state index contributed by atoms with van der Waals surface area (Å²) in [5.41, 5.74) is -1.44. The van der Waals surface area contributed by atoms with Crippen LogP contribution in [0.2, 0.25) is 0 Å². The highest BCUT2D eigenvalue weighted by Gasteiger charge is 2.44. The Labute approximate surface area is 110 Å². The van der Waals surface area contributed by atoms with E-state index in [1.807, 2.05) is 0 Å². The Balaban J connectivity index is 2.94. The molecule has 0 aliphatic heterocycles. The van der Waals surface area contributed by atoms with E-state index in [4.69, 9.17) is 0 Å².